The Balaban J connectivity index is 1.42. The number of carboxylic acid groups (broad SMARTS) is 1. The number of amides is 2. The van der Waals surface area contributed by atoms with Crippen LogP contribution in [0.4, 0.5) is 0 Å². The summed E-state index contributed by atoms with van der Waals surface area (Å²) < 4.78 is 6.92. The predicted molar refractivity (Wildman–Crippen MR) is 189 cm³/mol. The first-order chi connectivity index (χ1) is 23.7. The SMILES string of the molecule is O=C(O)CCCCCN1C(=O)[C@@H]2[C@@H](CC(COc3ccccc3)=C([C@H](O)CC/C(=C/c3cc(Br)ccc3O)c3ccccc3)[C@@H]2CO)C1=O. The second-order valence-electron chi connectivity index (χ2n) is 12.6. The first kappa shape index (κ1) is 36.0. The van der Waals surface area contributed by atoms with Crippen molar-refractivity contribution in [1.29, 1.82) is 0 Å². The summed E-state index contributed by atoms with van der Waals surface area (Å²) >= 11 is 3.47. The van der Waals surface area contributed by atoms with Crippen LogP contribution in [0.2, 0.25) is 0 Å². The van der Waals surface area contributed by atoms with Crippen LogP contribution < -0.4 is 4.74 Å². The maximum atomic E-state index is 13.8. The zero-order valence-electron chi connectivity index (χ0n) is 27.2. The molecule has 3 aromatic carbocycles. The molecule has 1 heterocycles. The van der Waals surface area contributed by atoms with E-state index in [2.05, 4.69) is 15.9 Å². The molecule has 4 atom stereocenters. The smallest absolute Gasteiger partial charge is 0.303 e. The number of nitrogens with zero attached hydrogens (tertiary/aromatic N) is 1. The Morgan fingerprint density at radius 3 is 2.37 bits per heavy atom. The molecule has 10 heteroatoms. The van der Waals surface area contributed by atoms with Crippen LogP contribution in [0.1, 0.15) is 56.1 Å². The summed E-state index contributed by atoms with van der Waals surface area (Å²) in [6.07, 6.45) is 3.26. The highest BCUT2D eigenvalue weighted by molar-refractivity contribution is 9.10. The summed E-state index contributed by atoms with van der Waals surface area (Å²) in [7, 11) is 0. The number of rotatable bonds is 16. The van der Waals surface area contributed by atoms with Crippen LogP contribution >= 0.6 is 15.9 Å². The number of aliphatic hydroxyl groups is 2. The van der Waals surface area contributed by atoms with Gasteiger partial charge in [-0.05, 0) is 90.8 Å². The number of carbonyl (C=O) groups is 3. The number of fused-ring (bicyclic) bond motifs is 1. The molecule has 3 aromatic rings. The Bertz CT molecular complexity index is 1690. The van der Waals surface area contributed by atoms with Crippen LogP contribution in [0.25, 0.3) is 11.6 Å². The third-order valence-electron chi connectivity index (χ3n) is 9.41. The Labute approximate surface area is 294 Å². The van der Waals surface area contributed by atoms with E-state index in [4.69, 9.17) is 9.84 Å². The fraction of sp³-hybridized carbons (Fsp3) is 0.359. The molecule has 2 aliphatic rings. The molecule has 1 aliphatic heterocycles. The lowest BCUT2D eigenvalue weighted by Gasteiger charge is -2.36. The Morgan fingerprint density at radius 1 is 0.959 bits per heavy atom. The standard InChI is InChI=1S/C39H42BrNO8/c40-29-16-18-33(43)27(21-29)20-26(25-10-4-1-5-11-25)15-17-34(44)36-28(24-49-30-12-6-2-7-13-30)22-31-37(32(36)23-42)39(48)41(38(31)47)19-9-3-8-14-35(45)46/h1-2,4-7,10-13,16,18,20-21,31-32,34,37,42-44H,3,8-9,14-15,17,19,22-24H2,(H,45,46)/b26-20-/t31-,32+,34-,37-/m1/s1. The normalized spacial score (nSPS) is 20.0. The van der Waals surface area contributed by atoms with Gasteiger partial charge in [0.2, 0.25) is 11.8 Å². The maximum absolute atomic E-state index is 13.8. The van der Waals surface area contributed by atoms with Gasteiger partial charge in [-0.1, -0.05) is 70.9 Å². The van der Waals surface area contributed by atoms with Crippen molar-refractivity contribution in [3.8, 4) is 11.5 Å². The number of carbonyl (C=O) groups excluding carboxylic acids is 2. The van der Waals surface area contributed by atoms with E-state index in [1.165, 1.54) is 4.90 Å². The summed E-state index contributed by atoms with van der Waals surface area (Å²) in [6, 6.07) is 24.1. The van der Waals surface area contributed by atoms with Crippen molar-refractivity contribution in [2.75, 3.05) is 19.8 Å². The number of para-hydroxylation sites is 1. The summed E-state index contributed by atoms with van der Waals surface area (Å²) in [5.41, 5.74) is 3.64. The maximum Gasteiger partial charge on any atom is 0.303 e. The van der Waals surface area contributed by atoms with E-state index >= 15 is 0 Å². The van der Waals surface area contributed by atoms with Crippen molar-refractivity contribution < 1.29 is 39.5 Å². The summed E-state index contributed by atoms with van der Waals surface area (Å²) in [5.74, 6) is -3.10. The molecular formula is C39H42BrNO8. The van der Waals surface area contributed by atoms with Gasteiger partial charge in [0, 0.05) is 28.9 Å². The zero-order valence-corrected chi connectivity index (χ0v) is 28.8. The molecule has 1 saturated heterocycles. The van der Waals surface area contributed by atoms with Crippen LogP contribution in [0.5, 0.6) is 11.5 Å². The van der Waals surface area contributed by atoms with Crippen molar-refractivity contribution in [3.63, 3.8) is 0 Å². The number of aliphatic hydroxyl groups excluding tert-OH is 2. The van der Waals surface area contributed by atoms with Gasteiger partial charge >= 0.3 is 5.97 Å². The van der Waals surface area contributed by atoms with Crippen LogP contribution in [-0.4, -0.2) is 69.0 Å². The van der Waals surface area contributed by atoms with Crippen LogP contribution in [-0.2, 0) is 14.4 Å². The molecule has 258 valence electrons. The van der Waals surface area contributed by atoms with Gasteiger partial charge in [0.15, 0.2) is 0 Å². The monoisotopic (exact) mass is 731 g/mol. The Kier molecular flexibility index (Phi) is 12.4. The van der Waals surface area contributed by atoms with Gasteiger partial charge in [-0.25, -0.2) is 0 Å². The number of ether oxygens (including phenoxy) is 1. The number of hydrogen-bond acceptors (Lipinski definition) is 7. The molecule has 2 amide bonds. The lowest BCUT2D eigenvalue weighted by Crippen LogP contribution is -2.40. The van der Waals surface area contributed by atoms with Crippen molar-refractivity contribution in [1.82, 2.24) is 4.90 Å². The van der Waals surface area contributed by atoms with Crippen LogP contribution in [0, 0.1) is 17.8 Å². The summed E-state index contributed by atoms with van der Waals surface area (Å²) in [4.78, 5) is 39.6. The molecule has 0 saturated carbocycles. The largest absolute Gasteiger partial charge is 0.507 e. The molecule has 9 nitrogen and oxygen atoms in total. The van der Waals surface area contributed by atoms with E-state index in [0.29, 0.717) is 48.1 Å². The second-order valence-corrected chi connectivity index (χ2v) is 13.5. The molecule has 0 aromatic heterocycles. The minimum Gasteiger partial charge on any atom is -0.507 e. The average molecular weight is 733 g/mol. The highest BCUT2D eigenvalue weighted by atomic mass is 79.9. The first-order valence-corrected chi connectivity index (χ1v) is 17.5. The van der Waals surface area contributed by atoms with Gasteiger partial charge in [0.1, 0.15) is 18.1 Å². The van der Waals surface area contributed by atoms with E-state index < -0.39 is 36.4 Å². The van der Waals surface area contributed by atoms with Crippen LogP contribution in [0.15, 0.2) is 94.5 Å². The number of unbranched alkanes of at least 4 members (excludes halogenated alkanes) is 2. The number of benzene rings is 3. The minimum absolute atomic E-state index is 0.0287. The molecular weight excluding hydrogens is 690 g/mol. The zero-order chi connectivity index (χ0) is 34.9. The molecule has 0 radical (unpaired) electrons. The van der Waals surface area contributed by atoms with E-state index in [-0.39, 0.29) is 50.0 Å². The molecule has 1 aliphatic carbocycles. The molecule has 4 N–H and O–H groups in total. The summed E-state index contributed by atoms with van der Waals surface area (Å²) in [6.45, 7) is -0.162. The molecule has 49 heavy (non-hydrogen) atoms. The number of aromatic hydroxyl groups is 1. The van der Waals surface area contributed by atoms with E-state index in [1.54, 1.807) is 12.1 Å². The minimum atomic E-state index is -1.05. The Morgan fingerprint density at radius 2 is 1.67 bits per heavy atom. The van der Waals surface area contributed by atoms with Crippen molar-refractivity contribution in [2.45, 2.75) is 51.0 Å². The summed E-state index contributed by atoms with van der Waals surface area (Å²) in [5, 5.41) is 42.2. The quantitative estimate of drug-likeness (QED) is 0.0568. The third kappa shape index (κ3) is 8.86. The van der Waals surface area contributed by atoms with Gasteiger partial charge in [-0.3, -0.25) is 19.3 Å². The second kappa shape index (κ2) is 16.9. The molecule has 0 unspecified atom stereocenters. The van der Waals surface area contributed by atoms with Gasteiger partial charge in [0.05, 0.1) is 24.5 Å². The Hall–Kier alpha value is -4.25. The van der Waals surface area contributed by atoms with Gasteiger partial charge in [-0.15, -0.1) is 0 Å². The number of hydrogen-bond donors (Lipinski definition) is 4. The lowest BCUT2D eigenvalue weighted by molar-refractivity contribution is -0.141. The fourth-order valence-corrected chi connectivity index (χ4v) is 7.39. The molecule has 5 rings (SSSR count). The van der Waals surface area contributed by atoms with Crippen molar-refractivity contribution in [3.05, 3.63) is 106 Å². The van der Waals surface area contributed by atoms with E-state index in [0.717, 1.165) is 15.6 Å². The topological polar surface area (TPSA) is 145 Å². The molecule has 0 bridgehead atoms. The number of phenolic OH excluding ortho intramolecular Hbond substituents is 1. The number of aliphatic carboxylic acids is 1. The lowest BCUT2D eigenvalue weighted by atomic mass is 9.68. The van der Waals surface area contributed by atoms with Gasteiger partial charge in [-0.2, -0.15) is 0 Å². The average Bonchev–Trinajstić information content (AvgIpc) is 3.34. The predicted octanol–water partition coefficient (Wildman–Crippen LogP) is 6.47. The fourth-order valence-electron chi connectivity index (χ4n) is 7.02. The highest BCUT2D eigenvalue weighted by Crippen LogP contribution is 2.46. The van der Waals surface area contributed by atoms with Crippen LogP contribution in [0.3, 0.4) is 0 Å². The molecule has 1 fully saturated rings. The van der Waals surface area contributed by atoms with Gasteiger partial charge < -0.3 is 25.2 Å². The third-order valence-corrected chi connectivity index (χ3v) is 9.90. The number of likely N-dealkylation sites (tertiary alicyclic amines) is 1. The van der Waals surface area contributed by atoms with Crippen molar-refractivity contribution >= 4 is 45.4 Å². The first-order valence-electron chi connectivity index (χ1n) is 16.7. The number of allylic oxidation sites excluding steroid dienone is 1. The van der Waals surface area contributed by atoms with Gasteiger partial charge in [0.25, 0.3) is 0 Å². The highest BCUT2D eigenvalue weighted by Gasteiger charge is 2.54. The number of imide groups is 1. The van der Waals surface area contributed by atoms with Crippen molar-refractivity contribution in [2.24, 2.45) is 17.8 Å². The number of carboxylic acids is 1. The molecule has 0 spiro atoms. The number of phenols is 1. The van der Waals surface area contributed by atoms with E-state index in [1.807, 2.05) is 72.8 Å². The number of halogens is 1. The van der Waals surface area contributed by atoms with E-state index in [9.17, 15) is 29.7 Å².